The first-order valence-corrected chi connectivity index (χ1v) is 11.1. The van der Waals surface area contributed by atoms with Gasteiger partial charge in [-0.3, -0.25) is 14.6 Å². The lowest BCUT2D eigenvalue weighted by Crippen LogP contribution is -2.61. The van der Waals surface area contributed by atoms with E-state index >= 15 is 0 Å². The topological polar surface area (TPSA) is 58.1 Å². The molecule has 4 heterocycles. The first-order chi connectivity index (χ1) is 15.2. The van der Waals surface area contributed by atoms with Crippen molar-refractivity contribution in [2.75, 3.05) is 40.0 Å². The second-order valence-electron chi connectivity index (χ2n) is 8.62. The molecule has 0 aliphatic carbocycles. The standard InChI is InChI=1S/C24H30N4O3/c1-30-22-9-5-8-20(25-22)17-26-12-13-27-21(18-26)23(29)28(16-19-6-3-2-4-7-19)24(27)10-14-31-15-11-24/h2-9,21H,10-18H2,1H3/t21-/m1/s1. The molecule has 0 radical (unpaired) electrons. The Labute approximate surface area is 183 Å². The molecule has 1 amide bonds. The lowest BCUT2D eigenvalue weighted by molar-refractivity contribution is -0.137. The number of pyridine rings is 1. The number of amides is 1. The molecule has 3 aliphatic heterocycles. The lowest BCUT2D eigenvalue weighted by Gasteiger charge is -2.49. The minimum absolute atomic E-state index is 0.110. The van der Waals surface area contributed by atoms with Gasteiger partial charge >= 0.3 is 0 Å². The molecule has 0 bridgehead atoms. The van der Waals surface area contributed by atoms with Crippen LogP contribution in [-0.4, -0.2) is 77.3 Å². The molecular formula is C24H30N4O3. The van der Waals surface area contributed by atoms with Crippen LogP contribution in [0.25, 0.3) is 0 Å². The Bertz CT molecular complexity index is 916. The van der Waals surface area contributed by atoms with Gasteiger partial charge in [0, 0.05) is 51.6 Å². The van der Waals surface area contributed by atoms with Crippen molar-refractivity contribution in [3.8, 4) is 5.88 Å². The van der Waals surface area contributed by atoms with Crippen LogP contribution >= 0.6 is 0 Å². The summed E-state index contributed by atoms with van der Waals surface area (Å²) in [5.41, 5.74) is 1.93. The summed E-state index contributed by atoms with van der Waals surface area (Å²) in [5, 5.41) is 0. The van der Waals surface area contributed by atoms with E-state index in [4.69, 9.17) is 9.47 Å². The summed E-state index contributed by atoms with van der Waals surface area (Å²) in [7, 11) is 1.64. The molecule has 31 heavy (non-hydrogen) atoms. The maximum absolute atomic E-state index is 13.7. The molecule has 7 nitrogen and oxygen atoms in total. The molecule has 3 saturated heterocycles. The van der Waals surface area contributed by atoms with Gasteiger partial charge in [0.2, 0.25) is 11.8 Å². The van der Waals surface area contributed by atoms with Crippen molar-refractivity contribution >= 4 is 5.91 Å². The quantitative estimate of drug-likeness (QED) is 0.736. The normalized spacial score (nSPS) is 23.8. The van der Waals surface area contributed by atoms with E-state index in [1.54, 1.807) is 7.11 Å². The highest BCUT2D eigenvalue weighted by molar-refractivity contribution is 5.85. The van der Waals surface area contributed by atoms with Crippen molar-refractivity contribution in [3.05, 3.63) is 59.8 Å². The number of piperazine rings is 1. The van der Waals surface area contributed by atoms with Gasteiger partial charge < -0.3 is 14.4 Å². The number of hydrogen-bond donors (Lipinski definition) is 0. The molecule has 164 valence electrons. The van der Waals surface area contributed by atoms with Crippen LogP contribution in [0.2, 0.25) is 0 Å². The molecule has 0 saturated carbocycles. The smallest absolute Gasteiger partial charge is 0.243 e. The maximum atomic E-state index is 13.7. The van der Waals surface area contributed by atoms with Gasteiger partial charge in [0.05, 0.1) is 26.0 Å². The number of ether oxygens (including phenoxy) is 2. The van der Waals surface area contributed by atoms with E-state index in [9.17, 15) is 4.79 Å². The average molecular weight is 423 g/mol. The highest BCUT2D eigenvalue weighted by atomic mass is 16.5. The Morgan fingerprint density at radius 3 is 2.65 bits per heavy atom. The number of carbonyl (C=O) groups is 1. The zero-order chi connectivity index (χ0) is 21.3. The summed E-state index contributed by atoms with van der Waals surface area (Å²) in [4.78, 5) is 25.2. The van der Waals surface area contributed by atoms with Gasteiger partial charge in [-0.25, -0.2) is 4.98 Å². The minimum Gasteiger partial charge on any atom is -0.481 e. The molecule has 3 fully saturated rings. The van der Waals surface area contributed by atoms with E-state index in [0.29, 0.717) is 25.6 Å². The molecular weight excluding hydrogens is 392 g/mol. The number of methoxy groups -OCH3 is 1. The van der Waals surface area contributed by atoms with Crippen molar-refractivity contribution in [2.24, 2.45) is 0 Å². The van der Waals surface area contributed by atoms with Gasteiger partial charge in [-0.1, -0.05) is 36.4 Å². The van der Waals surface area contributed by atoms with Crippen molar-refractivity contribution in [2.45, 2.75) is 37.6 Å². The summed E-state index contributed by atoms with van der Waals surface area (Å²) in [6.45, 7) is 5.33. The molecule has 1 atom stereocenters. The first-order valence-electron chi connectivity index (χ1n) is 11.1. The minimum atomic E-state index is -0.226. The van der Waals surface area contributed by atoms with Gasteiger partial charge in [-0.15, -0.1) is 0 Å². The Morgan fingerprint density at radius 2 is 1.87 bits per heavy atom. The van der Waals surface area contributed by atoms with Gasteiger partial charge in [0.25, 0.3) is 0 Å². The van der Waals surface area contributed by atoms with Gasteiger partial charge in [-0.05, 0) is 11.6 Å². The lowest BCUT2D eigenvalue weighted by atomic mass is 9.96. The van der Waals surface area contributed by atoms with E-state index in [1.165, 1.54) is 5.56 Å². The monoisotopic (exact) mass is 422 g/mol. The van der Waals surface area contributed by atoms with Gasteiger partial charge in [0.15, 0.2) is 0 Å². The molecule has 1 aromatic heterocycles. The van der Waals surface area contributed by atoms with E-state index in [2.05, 4.69) is 31.8 Å². The molecule has 1 spiro atoms. The first kappa shape index (κ1) is 20.4. The number of fused-ring (bicyclic) bond motifs is 2. The van der Waals surface area contributed by atoms with E-state index in [0.717, 1.165) is 44.7 Å². The number of benzene rings is 1. The largest absolute Gasteiger partial charge is 0.481 e. The molecule has 2 aromatic rings. The van der Waals surface area contributed by atoms with Gasteiger partial charge in [0.1, 0.15) is 11.7 Å². The molecule has 7 heteroatoms. The van der Waals surface area contributed by atoms with Crippen LogP contribution < -0.4 is 4.74 Å². The highest BCUT2D eigenvalue weighted by Gasteiger charge is 2.58. The van der Waals surface area contributed by atoms with Crippen molar-refractivity contribution in [1.82, 2.24) is 19.7 Å². The van der Waals surface area contributed by atoms with Crippen LogP contribution in [0.3, 0.4) is 0 Å². The summed E-state index contributed by atoms with van der Waals surface area (Å²) < 4.78 is 11.0. The van der Waals surface area contributed by atoms with Crippen LogP contribution in [0, 0.1) is 0 Å². The zero-order valence-corrected chi connectivity index (χ0v) is 18.1. The number of carbonyl (C=O) groups excluding carboxylic acids is 1. The summed E-state index contributed by atoms with van der Waals surface area (Å²) in [6.07, 6.45) is 1.75. The van der Waals surface area contributed by atoms with Crippen molar-refractivity contribution in [1.29, 1.82) is 0 Å². The van der Waals surface area contributed by atoms with E-state index in [-0.39, 0.29) is 17.6 Å². The number of nitrogens with zero attached hydrogens (tertiary/aromatic N) is 4. The number of aromatic nitrogens is 1. The highest BCUT2D eigenvalue weighted by Crippen LogP contribution is 2.42. The summed E-state index contributed by atoms with van der Waals surface area (Å²) in [6, 6.07) is 16.1. The Balaban J connectivity index is 1.37. The fraction of sp³-hybridized carbons (Fsp3) is 0.500. The zero-order valence-electron chi connectivity index (χ0n) is 18.1. The van der Waals surface area contributed by atoms with E-state index < -0.39 is 0 Å². The molecule has 5 rings (SSSR count). The molecule has 0 unspecified atom stereocenters. The average Bonchev–Trinajstić information content (AvgIpc) is 3.02. The Kier molecular flexibility index (Phi) is 5.65. The van der Waals surface area contributed by atoms with Crippen LogP contribution in [0.4, 0.5) is 0 Å². The predicted octanol–water partition coefficient (Wildman–Crippen LogP) is 2.13. The number of rotatable bonds is 5. The summed E-state index contributed by atoms with van der Waals surface area (Å²) in [5.74, 6) is 0.873. The molecule has 1 aromatic carbocycles. The van der Waals surface area contributed by atoms with Crippen LogP contribution in [-0.2, 0) is 22.6 Å². The van der Waals surface area contributed by atoms with Crippen LogP contribution in [0.5, 0.6) is 5.88 Å². The third-order valence-corrected chi connectivity index (χ3v) is 6.91. The Hall–Kier alpha value is -2.48. The third-order valence-electron chi connectivity index (χ3n) is 6.91. The Morgan fingerprint density at radius 1 is 1.06 bits per heavy atom. The molecule has 3 aliphatic rings. The third kappa shape index (κ3) is 3.82. The van der Waals surface area contributed by atoms with Crippen molar-refractivity contribution < 1.29 is 14.3 Å². The fourth-order valence-corrected chi connectivity index (χ4v) is 5.37. The van der Waals surface area contributed by atoms with E-state index in [1.807, 2.05) is 36.4 Å². The molecule has 0 N–H and O–H groups in total. The number of hydrogen-bond acceptors (Lipinski definition) is 6. The maximum Gasteiger partial charge on any atom is 0.243 e. The predicted molar refractivity (Wildman–Crippen MR) is 116 cm³/mol. The van der Waals surface area contributed by atoms with Crippen LogP contribution in [0.1, 0.15) is 24.1 Å². The second-order valence-corrected chi connectivity index (χ2v) is 8.62. The SMILES string of the molecule is COc1cccc(CN2CCN3[C@H](C2)C(=O)N(Cc2ccccc2)C32CCOCC2)n1. The second kappa shape index (κ2) is 8.57. The van der Waals surface area contributed by atoms with Crippen LogP contribution in [0.15, 0.2) is 48.5 Å². The fourth-order valence-electron chi connectivity index (χ4n) is 5.37. The van der Waals surface area contributed by atoms with Gasteiger partial charge in [-0.2, -0.15) is 0 Å². The summed E-state index contributed by atoms with van der Waals surface area (Å²) >= 11 is 0. The van der Waals surface area contributed by atoms with Crippen molar-refractivity contribution in [3.63, 3.8) is 0 Å².